The van der Waals surface area contributed by atoms with Crippen LogP contribution in [0.25, 0.3) is 0 Å². The van der Waals surface area contributed by atoms with Crippen molar-refractivity contribution < 1.29 is 30.0 Å². The molecule has 0 amide bonds. The van der Waals surface area contributed by atoms with Crippen LogP contribution in [0.4, 0.5) is 0 Å². The first-order valence-electron chi connectivity index (χ1n) is 3.20. The number of rotatable bonds is 2. The minimum atomic E-state index is -1.42. The molecule has 4 N–H and O–H groups in total. The van der Waals surface area contributed by atoms with Crippen molar-refractivity contribution in [2.24, 2.45) is 0 Å². The molecule has 0 aromatic rings. The number of aliphatic hydroxyl groups excluding tert-OH is 4. The van der Waals surface area contributed by atoms with Crippen LogP contribution < -0.4 is 0 Å². The van der Waals surface area contributed by atoms with Gasteiger partial charge in [0.2, 0.25) is 5.76 Å². The summed E-state index contributed by atoms with van der Waals surface area (Å²) >= 11 is 0. The van der Waals surface area contributed by atoms with E-state index in [0.717, 1.165) is 0 Å². The maximum absolute atomic E-state index is 10.5. The zero-order valence-corrected chi connectivity index (χ0v) is 10.2. The van der Waals surface area contributed by atoms with E-state index < -0.39 is 36.3 Å². The summed E-state index contributed by atoms with van der Waals surface area (Å²) in [6.45, 7) is -0.671. The quantitative estimate of drug-likeness (QED) is 0.346. The number of hydrogen-bond donors (Lipinski definition) is 4. The van der Waals surface area contributed by atoms with Gasteiger partial charge in [0.05, 0.1) is 6.61 Å². The molecule has 1 aliphatic rings. The molecule has 0 fully saturated rings. The molecule has 6 nitrogen and oxygen atoms in total. The van der Waals surface area contributed by atoms with E-state index in [4.69, 9.17) is 20.4 Å². The first-order valence-corrected chi connectivity index (χ1v) is 3.20. The Bertz CT molecular complexity index is 237. The Morgan fingerprint density at radius 1 is 1.46 bits per heavy atom. The van der Waals surface area contributed by atoms with E-state index in [0.29, 0.717) is 0 Å². The van der Waals surface area contributed by atoms with Crippen molar-refractivity contribution in [2.75, 3.05) is 6.61 Å². The summed E-state index contributed by atoms with van der Waals surface area (Å²) < 4.78 is 4.32. The third-order valence-electron chi connectivity index (χ3n) is 1.48. The van der Waals surface area contributed by atoms with E-state index in [1.165, 1.54) is 0 Å². The SMILES string of the molecule is O=C1O[C@H]([C@@H](O)CO)C(O)=C1O.[Sr+2]. The molecular weight excluding hydrogens is 256 g/mol. The average Bonchev–Trinajstić information content (AvgIpc) is 2.32. The monoisotopic (exact) mass is 264 g/mol. The summed E-state index contributed by atoms with van der Waals surface area (Å²) in [6, 6.07) is 0. The number of esters is 1. The number of aliphatic hydroxyl groups is 4. The van der Waals surface area contributed by atoms with Gasteiger partial charge in [-0.25, -0.2) is 4.79 Å². The third kappa shape index (κ3) is 2.58. The van der Waals surface area contributed by atoms with Crippen LogP contribution in [-0.4, -0.2) is 90.7 Å². The zero-order chi connectivity index (χ0) is 9.30. The molecule has 0 spiro atoms. The van der Waals surface area contributed by atoms with Crippen LogP contribution in [-0.2, 0) is 9.53 Å². The summed E-state index contributed by atoms with van der Waals surface area (Å²) in [6.07, 6.45) is -2.78. The fourth-order valence-corrected chi connectivity index (χ4v) is 0.823. The van der Waals surface area contributed by atoms with Gasteiger partial charge in [-0.2, -0.15) is 0 Å². The molecule has 0 unspecified atom stereocenters. The summed E-state index contributed by atoms with van der Waals surface area (Å²) in [7, 11) is 0. The van der Waals surface area contributed by atoms with E-state index in [1.807, 2.05) is 0 Å². The Morgan fingerprint density at radius 2 is 2.00 bits per heavy atom. The Kier molecular flexibility index (Phi) is 5.26. The molecule has 13 heavy (non-hydrogen) atoms. The molecule has 68 valence electrons. The maximum Gasteiger partial charge on any atom is 2.00 e. The molecule has 0 aromatic carbocycles. The maximum atomic E-state index is 10.5. The van der Waals surface area contributed by atoms with E-state index in [9.17, 15) is 4.79 Å². The second-order valence-electron chi connectivity index (χ2n) is 2.31. The van der Waals surface area contributed by atoms with Crippen LogP contribution >= 0.6 is 0 Å². The minimum Gasteiger partial charge on any atom is -0.505 e. The zero-order valence-electron chi connectivity index (χ0n) is 6.67. The van der Waals surface area contributed by atoms with Crippen molar-refractivity contribution in [3.05, 3.63) is 11.5 Å². The summed E-state index contributed by atoms with van der Waals surface area (Å²) in [5, 5.41) is 35.0. The fraction of sp³-hybridized carbons (Fsp3) is 0.500. The van der Waals surface area contributed by atoms with Gasteiger partial charge in [0.15, 0.2) is 11.9 Å². The first-order chi connectivity index (χ1) is 5.57. The van der Waals surface area contributed by atoms with E-state index >= 15 is 0 Å². The van der Waals surface area contributed by atoms with Crippen LogP contribution in [0, 0.1) is 0 Å². The summed E-state index contributed by atoms with van der Waals surface area (Å²) in [5.74, 6) is -2.78. The molecule has 1 aliphatic heterocycles. The Labute approximate surface area is 111 Å². The molecule has 0 radical (unpaired) electrons. The summed E-state index contributed by atoms with van der Waals surface area (Å²) in [5.41, 5.74) is 0. The van der Waals surface area contributed by atoms with Gasteiger partial charge in [-0.05, 0) is 0 Å². The van der Waals surface area contributed by atoms with Crippen LogP contribution in [0.5, 0.6) is 0 Å². The van der Waals surface area contributed by atoms with Gasteiger partial charge >= 0.3 is 51.5 Å². The molecular formula is C6H8O6Sr+2. The van der Waals surface area contributed by atoms with E-state index in [-0.39, 0.29) is 45.5 Å². The molecule has 1 heterocycles. The van der Waals surface area contributed by atoms with Crippen LogP contribution in [0.1, 0.15) is 0 Å². The Morgan fingerprint density at radius 3 is 2.31 bits per heavy atom. The molecule has 0 aliphatic carbocycles. The molecule has 2 atom stereocenters. The van der Waals surface area contributed by atoms with Crippen molar-refractivity contribution in [2.45, 2.75) is 12.2 Å². The molecule has 1 rings (SSSR count). The van der Waals surface area contributed by atoms with Gasteiger partial charge < -0.3 is 25.2 Å². The molecule has 0 saturated heterocycles. The fourth-order valence-electron chi connectivity index (χ4n) is 0.823. The Hall–Kier alpha value is 0.211. The minimum absolute atomic E-state index is 0. The van der Waals surface area contributed by atoms with Crippen molar-refractivity contribution >= 4 is 51.5 Å². The van der Waals surface area contributed by atoms with Gasteiger partial charge in [-0.1, -0.05) is 0 Å². The number of hydrogen-bond acceptors (Lipinski definition) is 6. The summed E-state index contributed by atoms with van der Waals surface area (Å²) in [4.78, 5) is 10.5. The largest absolute Gasteiger partial charge is 2.00 e. The van der Waals surface area contributed by atoms with Gasteiger partial charge in [-0.15, -0.1) is 0 Å². The molecule has 7 heteroatoms. The second-order valence-corrected chi connectivity index (χ2v) is 2.31. The van der Waals surface area contributed by atoms with Crippen molar-refractivity contribution in [3.8, 4) is 0 Å². The Balaban J connectivity index is 0.00000144. The van der Waals surface area contributed by atoms with Crippen molar-refractivity contribution in [3.63, 3.8) is 0 Å². The number of cyclic esters (lactones) is 1. The van der Waals surface area contributed by atoms with E-state index in [1.54, 1.807) is 0 Å². The molecule has 0 bridgehead atoms. The smallest absolute Gasteiger partial charge is 0.505 e. The number of carbonyl (C=O) groups excluding carboxylic acids is 1. The topological polar surface area (TPSA) is 107 Å². The van der Waals surface area contributed by atoms with Crippen LogP contribution in [0.3, 0.4) is 0 Å². The number of carbonyl (C=O) groups is 1. The standard InChI is InChI=1S/C6H8O6.Sr/c7-1-2(8)5-3(9)4(10)6(11)12-5;/h2,5,7-10H,1H2;/q;+2/t2-,5+;/m0./s1. The second kappa shape index (κ2) is 5.18. The van der Waals surface area contributed by atoms with Gasteiger partial charge in [-0.3, -0.25) is 0 Å². The first kappa shape index (κ1) is 13.2. The van der Waals surface area contributed by atoms with Gasteiger partial charge in [0, 0.05) is 0 Å². The molecule has 0 saturated carbocycles. The molecule has 0 aromatic heterocycles. The van der Waals surface area contributed by atoms with E-state index in [2.05, 4.69) is 4.74 Å². The third-order valence-corrected chi connectivity index (χ3v) is 1.48. The average molecular weight is 264 g/mol. The van der Waals surface area contributed by atoms with Gasteiger partial charge in [0.25, 0.3) is 0 Å². The predicted molar refractivity (Wildman–Crippen MR) is 41.0 cm³/mol. The van der Waals surface area contributed by atoms with Crippen molar-refractivity contribution in [1.82, 2.24) is 0 Å². The van der Waals surface area contributed by atoms with Crippen molar-refractivity contribution in [1.29, 1.82) is 0 Å². The predicted octanol–water partition coefficient (Wildman–Crippen LogP) is -1.79. The van der Waals surface area contributed by atoms with Crippen LogP contribution in [0.15, 0.2) is 11.5 Å². The normalized spacial score (nSPS) is 23.8. The van der Waals surface area contributed by atoms with Gasteiger partial charge in [0.1, 0.15) is 6.10 Å². The van der Waals surface area contributed by atoms with Crippen LogP contribution in [0.2, 0.25) is 0 Å². The number of ether oxygens (including phenoxy) is 1.